The van der Waals surface area contributed by atoms with Gasteiger partial charge in [-0.3, -0.25) is 4.79 Å². The molecule has 25 heavy (non-hydrogen) atoms. The molecule has 0 saturated heterocycles. The average Bonchev–Trinajstić information content (AvgIpc) is 2.59. The molecule has 3 nitrogen and oxygen atoms in total. The molecular weight excluding hydrogens is 312 g/mol. The predicted molar refractivity (Wildman–Crippen MR) is 100 cm³/mol. The highest BCUT2D eigenvalue weighted by molar-refractivity contribution is 5.87. The molecule has 0 bridgehead atoms. The number of esters is 1. The quantitative estimate of drug-likeness (QED) is 0.458. The molecule has 3 aromatic carbocycles. The second-order valence-electron chi connectivity index (χ2n) is 6.42. The Kier molecular flexibility index (Phi) is 5.03. The van der Waals surface area contributed by atoms with Gasteiger partial charge < -0.3 is 9.47 Å². The standard InChI is InChI=1S/C22H22O3/c1-15(2)21-12-18-9-10-20(24-14-17-7-5-4-6-8-17)11-19(18)13-22(21)25-16(3)23/h4-13,15H,14H2,1-3H3. The van der Waals surface area contributed by atoms with Crippen molar-refractivity contribution in [2.75, 3.05) is 0 Å². The van der Waals surface area contributed by atoms with Gasteiger partial charge in [-0.05, 0) is 52.1 Å². The van der Waals surface area contributed by atoms with Crippen LogP contribution in [0.3, 0.4) is 0 Å². The van der Waals surface area contributed by atoms with Crippen molar-refractivity contribution in [3.05, 3.63) is 71.8 Å². The van der Waals surface area contributed by atoms with Crippen LogP contribution in [0.4, 0.5) is 0 Å². The first kappa shape index (κ1) is 17.0. The van der Waals surface area contributed by atoms with Crippen molar-refractivity contribution in [2.45, 2.75) is 33.3 Å². The number of carbonyl (C=O) groups excluding carboxylic acids is 1. The van der Waals surface area contributed by atoms with Crippen molar-refractivity contribution < 1.29 is 14.3 Å². The molecule has 3 rings (SSSR count). The summed E-state index contributed by atoms with van der Waals surface area (Å²) in [6.07, 6.45) is 0. The zero-order valence-electron chi connectivity index (χ0n) is 14.8. The Hall–Kier alpha value is -2.81. The van der Waals surface area contributed by atoms with Gasteiger partial charge in [0.05, 0.1) is 0 Å². The summed E-state index contributed by atoms with van der Waals surface area (Å²) < 4.78 is 11.3. The summed E-state index contributed by atoms with van der Waals surface area (Å²) in [5.41, 5.74) is 2.15. The lowest BCUT2D eigenvalue weighted by molar-refractivity contribution is -0.131. The number of fused-ring (bicyclic) bond motifs is 1. The van der Waals surface area contributed by atoms with Gasteiger partial charge in [0.2, 0.25) is 0 Å². The summed E-state index contributed by atoms with van der Waals surface area (Å²) in [6, 6.07) is 20.1. The minimum atomic E-state index is -0.308. The molecule has 0 atom stereocenters. The number of hydrogen-bond donors (Lipinski definition) is 0. The van der Waals surface area contributed by atoms with Crippen LogP contribution >= 0.6 is 0 Å². The molecule has 0 amide bonds. The van der Waals surface area contributed by atoms with E-state index in [4.69, 9.17) is 9.47 Å². The van der Waals surface area contributed by atoms with Gasteiger partial charge in [0.25, 0.3) is 0 Å². The summed E-state index contributed by atoms with van der Waals surface area (Å²) in [6.45, 7) is 6.12. The van der Waals surface area contributed by atoms with Crippen LogP contribution < -0.4 is 9.47 Å². The minimum Gasteiger partial charge on any atom is -0.489 e. The molecule has 3 heteroatoms. The van der Waals surface area contributed by atoms with Crippen molar-refractivity contribution in [2.24, 2.45) is 0 Å². The van der Waals surface area contributed by atoms with Gasteiger partial charge in [-0.1, -0.05) is 50.2 Å². The normalized spacial score (nSPS) is 10.9. The first-order chi connectivity index (χ1) is 12.0. The van der Waals surface area contributed by atoms with E-state index in [1.165, 1.54) is 6.92 Å². The van der Waals surface area contributed by atoms with E-state index in [2.05, 4.69) is 19.9 Å². The largest absolute Gasteiger partial charge is 0.489 e. The summed E-state index contributed by atoms with van der Waals surface area (Å²) in [7, 11) is 0. The second-order valence-corrected chi connectivity index (χ2v) is 6.42. The molecule has 0 radical (unpaired) electrons. The second kappa shape index (κ2) is 7.39. The first-order valence-electron chi connectivity index (χ1n) is 8.46. The van der Waals surface area contributed by atoms with Crippen LogP contribution in [-0.2, 0) is 11.4 Å². The van der Waals surface area contributed by atoms with Crippen LogP contribution in [0.25, 0.3) is 10.8 Å². The Balaban J connectivity index is 1.90. The monoisotopic (exact) mass is 334 g/mol. The van der Waals surface area contributed by atoms with E-state index < -0.39 is 0 Å². The molecule has 0 aliphatic rings. The van der Waals surface area contributed by atoms with Crippen LogP contribution in [0.5, 0.6) is 11.5 Å². The topological polar surface area (TPSA) is 35.5 Å². The van der Waals surface area contributed by atoms with Gasteiger partial charge in [-0.25, -0.2) is 0 Å². The molecule has 128 valence electrons. The van der Waals surface area contributed by atoms with Crippen molar-refractivity contribution >= 4 is 16.7 Å². The van der Waals surface area contributed by atoms with Gasteiger partial charge in [0, 0.05) is 6.92 Å². The molecule has 0 aliphatic heterocycles. The van der Waals surface area contributed by atoms with E-state index in [0.29, 0.717) is 12.4 Å². The van der Waals surface area contributed by atoms with Crippen molar-refractivity contribution in [1.29, 1.82) is 0 Å². The van der Waals surface area contributed by atoms with Crippen LogP contribution in [0.1, 0.15) is 37.8 Å². The van der Waals surface area contributed by atoms with E-state index in [0.717, 1.165) is 27.6 Å². The lowest BCUT2D eigenvalue weighted by atomic mass is 9.98. The summed E-state index contributed by atoms with van der Waals surface area (Å²) in [5.74, 6) is 1.38. The van der Waals surface area contributed by atoms with E-state index in [1.54, 1.807) is 0 Å². The van der Waals surface area contributed by atoms with Crippen molar-refractivity contribution in [1.82, 2.24) is 0 Å². The summed E-state index contributed by atoms with van der Waals surface area (Å²) in [5, 5.41) is 2.10. The van der Waals surface area contributed by atoms with Gasteiger partial charge in [-0.15, -0.1) is 0 Å². The van der Waals surface area contributed by atoms with Gasteiger partial charge in [0.15, 0.2) is 0 Å². The van der Waals surface area contributed by atoms with E-state index in [1.807, 2.05) is 54.6 Å². The molecule has 0 spiro atoms. The van der Waals surface area contributed by atoms with E-state index >= 15 is 0 Å². The fourth-order valence-corrected chi connectivity index (χ4v) is 2.80. The highest BCUT2D eigenvalue weighted by atomic mass is 16.5. The van der Waals surface area contributed by atoms with Crippen LogP contribution in [-0.4, -0.2) is 5.97 Å². The predicted octanol–water partition coefficient (Wildman–Crippen LogP) is 5.47. The lowest BCUT2D eigenvalue weighted by Gasteiger charge is -2.14. The number of hydrogen-bond acceptors (Lipinski definition) is 3. The lowest BCUT2D eigenvalue weighted by Crippen LogP contribution is -2.05. The number of benzene rings is 3. The molecule has 0 aromatic heterocycles. The number of ether oxygens (including phenoxy) is 2. The minimum absolute atomic E-state index is 0.271. The summed E-state index contributed by atoms with van der Waals surface area (Å²) in [4.78, 5) is 11.4. The molecule has 0 unspecified atom stereocenters. The third-order valence-corrected chi connectivity index (χ3v) is 4.06. The van der Waals surface area contributed by atoms with Crippen LogP contribution in [0, 0.1) is 0 Å². The van der Waals surface area contributed by atoms with Crippen molar-refractivity contribution in [3.8, 4) is 11.5 Å². The molecule has 0 fully saturated rings. The first-order valence-corrected chi connectivity index (χ1v) is 8.46. The SMILES string of the molecule is CC(=O)Oc1cc2cc(OCc3ccccc3)ccc2cc1C(C)C. The zero-order valence-corrected chi connectivity index (χ0v) is 14.8. The fourth-order valence-electron chi connectivity index (χ4n) is 2.80. The number of carbonyl (C=O) groups is 1. The third kappa shape index (κ3) is 4.18. The average molecular weight is 334 g/mol. The third-order valence-electron chi connectivity index (χ3n) is 4.06. The molecule has 0 N–H and O–H groups in total. The Morgan fingerprint density at radius 2 is 1.72 bits per heavy atom. The van der Waals surface area contributed by atoms with Gasteiger partial charge in [0.1, 0.15) is 18.1 Å². The number of rotatable bonds is 5. The summed E-state index contributed by atoms with van der Waals surface area (Å²) >= 11 is 0. The van der Waals surface area contributed by atoms with Crippen molar-refractivity contribution in [3.63, 3.8) is 0 Å². The molecule has 0 heterocycles. The maximum atomic E-state index is 11.4. The maximum Gasteiger partial charge on any atom is 0.308 e. The Morgan fingerprint density at radius 3 is 2.40 bits per heavy atom. The molecular formula is C22H22O3. The van der Waals surface area contributed by atoms with Gasteiger partial charge >= 0.3 is 5.97 Å². The van der Waals surface area contributed by atoms with Crippen LogP contribution in [0.2, 0.25) is 0 Å². The van der Waals surface area contributed by atoms with Crippen LogP contribution in [0.15, 0.2) is 60.7 Å². The molecule has 3 aromatic rings. The Labute approximate surface area is 148 Å². The van der Waals surface area contributed by atoms with E-state index in [9.17, 15) is 4.79 Å². The maximum absolute atomic E-state index is 11.4. The highest BCUT2D eigenvalue weighted by Gasteiger charge is 2.12. The van der Waals surface area contributed by atoms with Gasteiger partial charge in [-0.2, -0.15) is 0 Å². The fraction of sp³-hybridized carbons (Fsp3) is 0.227. The zero-order chi connectivity index (χ0) is 17.8. The molecule has 0 saturated carbocycles. The smallest absolute Gasteiger partial charge is 0.308 e. The Bertz CT molecular complexity index is 882. The Morgan fingerprint density at radius 1 is 0.960 bits per heavy atom. The van der Waals surface area contributed by atoms with E-state index in [-0.39, 0.29) is 11.9 Å². The molecule has 0 aliphatic carbocycles. The highest BCUT2D eigenvalue weighted by Crippen LogP contribution is 2.33.